The van der Waals surface area contributed by atoms with Gasteiger partial charge in [-0.15, -0.1) is 0 Å². The lowest BCUT2D eigenvalue weighted by Crippen LogP contribution is -2.13. The number of nitrogens with zero attached hydrogens (tertiary/aromatic N) is 1. The summed E-state index contributed by atoms with van der Waals surface area (Å²) >= 11 is 0. The molecule has 70 valence electrons. The van der Waals surface area contributed by atoms with Crippen molar-refractivity contribution in [2.75, 3.05) is 20.1 Å². The van der Waals surface area contributed by atoms with Crippen molar-refractivity contribution in [2.24, 2.45) is 0 Å². The molecule has 0 aliphatic carbocycles. The van der Waals surface area contributed by atoms with Crippen molar-refractivity contribution in [2.45, 2.75) is 12.3 Å². The molecule has 1 atom stereocenters. The molecule has 0 spiro atoms. The average Bonchev–Trinajstić information content (AvgIpc) is 2.53. The van der Waals surface area contributed by atoms with Gasteiger partial charge in [-0.25, -0.2) is 4.39 Å². The van der Waals surface area contributed by atoms with E-state index < -0.39 is 0 Å². The van der Waals surface area contributed by atoms with Crippen LogP contribution in [-0.4, -0.2) is 25.0 Å². The first kappa shape index (κ1) is 8.70. The van der Waals surface area contributed by atoms with Gasteiger partial charge in [-0.3, -0.25) is 0 Å². The molecule has 1 nitrogen and oxygen atoms in total. The maximum atomic E-state index is 13.4. The van der Waals surface area contributed by atoms with E-state index in [-0.39, 0.29) is 5.82 Å². The van der Waals surface area contributed by atoms with E-state index in [1.165, 1.54) is 0 Å². The molecule has 1 heterocycles. The Morgan fingerprint density at radius 3 is 2.77 bits per heavy atom. The molecule has 0 radical (unpaired) electrons. The van der Waals surface area contributed by atoms with Crippen LogP contribution in [0.3, 0.4) is 0 Å². The van der Waals surface area contributed by atoms with Crippen molar-refractivity contribution < 1.29 is 4.39 Å². The van der Waals surface area contributed by atoms with Crippen LogP contribution < -0.4 is 0 Å². The Balaban J connectivity index is 2.21. The first-order chi connectivity index (χ1) is 6.27. The summed E-state index contributed by atoms with van der Waals surface area (Å²) in [6, 6.07) is 7.11. The van der Waals surface area contributed by atoms with Crippen molar-refractivity contribution in [1.29, 1.82) is 0 Å². The highest BCUT2D eigenvalue weighted by atomic mass is 19.1. The minimum atomic E-state index is -0.0530. The molecule has 1 aliphatic rings. The Bertz CT molecular complexity index is 298. The Kier molecular flexibility index (Phi) is 2.32. The fourth-order valence-electron chi connectivity index (χ4n) is 2.00. The SMILES string of the molecule is CN1CCC(c2ccccc2F)C1. The van der Waals surface area contributed by atoms with Crippen LogP contribution in [0.1, 0.15) is 17.9 Å². The minimum absolute atomic E-state index is 0.0530. The summed E-state index contributed by atoms with van der Waals surface area (Å²) in [4.78, 5) is 2.25. The number of hydrogen-bond donors (Lipinski definition) is 0. The minimum Gasteiger partial charge on any atom is -0.306 e. The average molecular weight is 179 g/mol. The number of likely N-dealkylation sites (N-methyl/N-ethyl adjacent to an activating group) is 1. The van der Waals surface area contributed by atoms with Gasteiger partial charge in [0.2, 0.25) is 0 Å². The molecular formula is C11H14FN. The van der Waals surface area contributed by atoms with Crippen molar-refractivity contribution in [3.05, 3.63) is 35.6 Å². The summed E-state index contributed by atoms with van der Waals surface area (Å²) in [5.41, 5.74) is 0.881. The van der Waals surface area contributed by atoms with Crippen LogP contribution in [-0.2, 0) is 0 Å². The molecule has 1 aliphatic heterocycles. The number of hydrogen-bond acceptors (Lipinski definition) is 1. The third kappa shape index (κ3) is 1.73. The number of rotatable bonds is 1. The lowest BCUT2D eigenvalue weighted by atomic mass is 9.98. The molecule has 0 bridgehead atoms. The summed E-state index contributed by atoms with van der Waals surface area (Å²) in [6.07, 6.45) is 1.08. The molecule has 2 rings (SSSR count). The third-order valence-corrected chi connectivity index (χ3v) is 2.74. The van der Waals surface area contributed by atoms with Gasteiger partial charge in [-0.1, -0.05) is 18.2 Å². The summed E-state index contributed by atoms with van der Waals surface area (Å²) in [7, 11) is 2.08. The van der Waals surface area contributed by atoms with E-state index in [0.717, 1.165) is 25.1 Å². The highest BCUT2D eigenvalue weighted by molar-refractivity contribution is 5.23. The highest BCUT2D eigenvalue weighted by Crippen LogP contribution is 2.27. The fourth-order valence-corrected chi connectivity index (χ4v) is 2.00. The van der Waals surface area contributed by atoms with Gasteiger partial charge in [0.25, 0.3) is 0 Å². The van der Waals surface area contributed by atoms with Gasteiger partial charge in [0, 0.05) is 12.5 Å². The molecular weight excluding hydrogens is 165 g/mol. The summed E-state index contributed by atoms with van der Waals surface area (Å²) in [6.45, 7) is 2.07. The second kappa shape index (κ2) is 3.46. The molecule has 1 unspecified atom stereocenters. The van der Waals surface area contributed by atoms with Crippen molar-refractivity contribution in [3.8, 4) is 0 Å². The first-order valence-corrected chi connectivity index (χ1v) is 4.70. The van der Waals surface area contributed by atoms with Gasteiger partial charge >= 0.3 is 0 Å². The Morgan fingerprint density at radius 1 is 1.38 bits per heavy atom. The van der Waals surface area contributed by atoms with E-state index in [9.17, 15) is 4.39 Å². The van der Waals surface area contributed by atoms with E-state index in [1.807, 2.05) is 12.1 Å². The number of halogens is 1. The number of benzene rings is 1. The maximum absolute atomic E-state index is 13.4. The van der Waals surface area contributed by atoms with E-state index >= 15 is 0 Å². The predicted octanol–water partition coefficient (Wildman–Crippen LogP) is 2.24. The molecule has 1 saturated heterocycles. The molecule has 0 N–H and O–H groups in total. The van der Waals surface area contributed by atoms with Crippen LogP contribution in [0.4, 0.5) is 4.39 Å². The largest absolute Gasteiger partial charge is 0.306 e. The van der Waals surface area contributed by atoms with Gasteiger partial charge in [0.15, 0.2) is 0 Å². The van der Waals surface area contributed by atoms with Crippen LogP contribution in [0.25, 0.3) is 0 Å². The van der Waals surface area contributed by atoms with Gasteiger partial charge in [-0.05, 0) is 31.6 Å². The van der Waals surface area contributed by atoms with E-state index in [4.69, 9.17) is 0 Å². The van der Waals surface area contributed by atoms with Crippen LogP contribution >= 0.6 is 0 Å². The molecule has 0 amide bonds. The smallest absolute Gasteiger partial charge is 0.126 e. The maximum Gasteiger partial charge on any atom is 0.126 e. The molecule has 1 aromatic carbocycles. The first-order valence-electron chi connectivity index (χ1n) is 4.70. The Labute approximate surface area is 78.2 Å². The summed E-state index contributed by atoms with van der Waals surface area (Å²) in [5, 5.41) is 0. The van der Waals surface area contributed by atoms with Gasteiger partial charge in [-0.2, -0.15) is 0 Å². The molecule has 2 heteroatoms. The van der Waals surface area contributed by atoms with Crippen molar-refractivity contribution in [1.82, 2.24) is 4.90 Å². The van der Waals surface area contributed by atoms with Gasteiger partial charge in [0.05, 0.1) is 0 Å². The standard InChI is InChI=1S/C11H14FN/c1-13-7-6-9(8-13)10-4-2-3-5-11(10)12/h2-5,9H,6-8H2,1H3. The summed E-state index contributed by atoms with van der Waals surface area (Å²) < 4.78 is 13.4. The third-order valence-electron chi connectivity index (χ3n) is 2.74. The second-order valence-electron chi connectivity index (χ2n) is 3.77. The Morgan fingerprint density at radius 2 is 2.15 bits per heavy atom. The molecule has 13 heavy (non-hydrogen) atoms. The topological polar surface area (TPSA) is 3.24 Å². The highest BCUT2D eigenvalue weighted by Gasteiger charge is 2.22. The monoisotopic (exact) mass is 179 g/mol. The molecule has 0 aromatic heterocycles. The lowest BCUT2D eigenvalue weighted by Gasteiger charge is -2.11. The predicted molar refractivity (Wildman–Crippen MR) is 51.3 cm³/mol. The fraction of sp³-hybridized carbons (Fsp3) is 0.455. The zero-order valence-corrected chi connectivity index (χ0v) is 7.83. The van der Waals surface area contributed by atoms with E-state index in [1.54, 1.807) is 12.1 Å². The van der Waals surface area contributed by atoms with Crippen LogP contribution in [0, 0.1) is 5.82 Å². The quantitative estimate of drug-likeness (QED) is 0.639. The van der Waals surface area contributed by atoms with Crippen LogP contribution in [0.15, 0.2) is 24.3 Å². The summed E-state index contributed by atoms with van der Waals surface area (Å²) in [5.74, 6) is 0.342. The van der Waals surface area contributed by atoms with Crippen molar-refractivity contribution >= 4 is 0 Å². The van der Waals surface area contributed by atoms with Crippen molar-refractivity contribution in [3.63, 3.8) is 0 Å². The zero-order chi connectivity index (χ0) is 9.26. The molecule has 0 saturated carbocycles. The zero-order valence-electron chi connectivity index (χ0n) is 7.83. The lowest BCUT2D eigenvalue weighted by molar-refractivity contribution is 0.410. The second-order valence-corrected chi connectivity index (χ2v) is 3.77. The van der Waals surface area contributed by atoms with E-state index in [0.29, 0.717) is 5.92 Å². The molecule has 1 aromatic rings. The molecule has 1 fully saturated rings. The van der Waals surface area contributed by atoms with Gasteiger partial charge in [0.1, 0.15) is 5.82 Å². The van der Waals surface area contributed by atoms with Gasteiger partial charge < -0.3 is 4.90 Å². The number of likely N-dealkylation sites (tertiary alicyclic amines) is 1. The van der Waals surface area contributed by atoms with E-state index in [2.05, 4.69) is 11.9 Å². The normalized spacial score (nSPS) is 23.7. The Hall–Kier alpha value is -0.890. The van der Waals surface area contributed by atoms with Crippen LogP contribution in [0.2, 0.25) is 0 Å². The van der Waals surface area contributed by atoms with Crippen LogP contribution in [0.5, 0.6) is 0 Å².